The van der Waals surface area contributed by atoms with Gasteiger partial charge in [-0.2, -0.15) is 0 Å². The van der Waals surface area contributed by atoms with Gasteiger partial charge in [0, 0.05) is 25.6 Å². The summed E-state index contributed by atoms with van der Waals surface area (Å²) in [5.41, 5.74) is 0. The summed E-state index contributed by atoms with van der Waals surface area (Å²) in [6.45, 7) is 5.37. The van der Waals surface area contributed by atoms with Crippen LogP contribution in [0.5, 0.6) is 0 Å². The summed E-state index contributed by atoms with van der Waals surface area (Å²) in [4.78, 5) is 14.0. The van der Waals surface area contributed by atoms with Crippen LogP contribution in [0.25, 0.3) is 0 Å². The Hall–Kier alpha value is -0.280. The largest absolute Gasteiger partial charge is 0.342 e. The first-order valence-electron chi connectivity index (χ1n) is 6.80. The summed E-state index contributed by atoms with van der Waals surface area (Å²) >= 11 is 0. The van der Waals surface area contributed by atoms with E-state index in [1.54, 1.807) is 0 Å². The van der Waals surface area contributed by atoms with E-state index in [1.807, 2.05) is 0 Å². The second-order valence-corrected chi connectivity index (χ2v) is 5.23. The molecule has 0 radical (unpaired) electrons. The molecule has 2 atom stereocenters. The molecule has 0 aromatic rings. The van der Waals surface area contributed by atoms with Gasteiger partial charge in [0.1, 0.15) is 0 Å². The van der Waals surface area contributed by atoms with Crippen LogP contribution in [-0.4, -0.2) is 36.5 Å². The average Bonchev–Trinajstić information content (AvgIpc) is 2.96. The molecule has 3 nitrogen and oxygen atoms in total. The van der Waals surface area contributed by atoms with E-state index < -0.39 is 0 Å². The van der Waals surface area contributed by atoms with Gasteiger partial charge in [-0.15, -0.1) is 12.4 Å². The van der Waals surface area contributed by atoms with Gasteiger partial charge in [0.2, 0.25) is 5.91 Å². The molecule has 0 spiro atoms. The normalized spacial score (nSPS) is 28.2. The molecule has 17 heavy (non-hydrogen) atoms. The van der Waals surface area contributed by atoms with Crippen molar-refractivity contribution >= 4 is 18.3 Å². The molecule has 100 valence electrons. The highest BCUT2D eigenvalue weighted by Gasteiger charge is 2.25. The van der Waals surface area contributed by atoms with E-state index in [9.17, 15) is 4.79 Å². The Labute approximate surface area is 111 Å². The smallest absolute Gasteiger partial charge is 0.222 e. The van der Waals surface area contributed by atoms with Crippen LogP contribution in [0.2, 0.25) is 0 Å². The number of halogens is 1. The number of amides is 1. The number of likely N-dealkylation sites (tertiary alicyclic amines) is 1. The van der Waals surface area contributed by atoms with Gasteiger partial charge in [-0.25, -0.2) is 0 Å². The highest BCUT2D eigenvalue weighted by Crippen LogP contribution is 2.20. The average molecular weight is 261 g/mol. The summed E-state index contributed by atoms with van der Waals surface area (Å²) in [6, 6.07) is 0.605. The van der Waals surface area contributed by atoms with Crippen LogP contribution in [0.4, 0.5) is 0 Å². The van der Waals surface area contributed by atoms with Crippen LogP contribution < -0.4 is 5.32 Å². The molecule has 0 saturated carbocycles. The van der Waals surface area contributed by atoms with Gasteiger partial charge in [0.05, 0.1) is 0 Å². The van der Waals surface area contributed by atoms with Crippen LogP contribution in [0.3, 0.4) is 0 Å². The van der Waals surface area contributed by atoms with E-state index in [-0.39, 0.29) is 12.4 Å². The van der Waals surface area contributed by atoms with Crippen molar-refractivity contribution in [2.75, 3.05) is 19.6 Å². The minimum Gasteiger partial charge on any atom is -0.342 e. The molecular weight excluding hydrogens is 236 g/mol. The molecule has 2 aliphatic heterocycles. The molecule has 0 aliphatic carbocycles. The molecule has 2 rings (SSSR count). The predicted molar refractivity (Wildman–Crippen MR) is 72.5 cm³/mol. The Morgan fingerprint density at radius 1 is 1.41 bits per heavy atom. The van der Waals surface area contributed by atoms with Crippen molar-refractivity contribution in [3.63, 3.8) is 0 Å². The second kappa shape index (κ2) is 7.22. The minimum atomic E-state index is 0. The summed E-state index contributed by atoms with van der Waals surface area (Å²) in [5.74, 6) is 1.14. The van der Waals surface area contributed by atoms with Gasteiger partial charge >= 0.3 is 0 Å². The minimum absolute atomic E-state index is 0. The zero-order valence-corrected chi connectivity index (χ0v) is 11.6. The molecular formula is C13H25ClN2O. The topological polar surface area (TPSA) is 32.3 Å². The van der Waals surface area contributed by atoms with Crippen LogP contribution in [0.1, 0.15) is 45.4 Å². The highest BCUT2D eigenvalue weighted by molar-refractivity contribution is 5.85. The van der Waals surface area contributed by atoms with Crippen LogP contribution >= 0.6 is 12.4 Å². The Balaban J connectivity index is 0.00000144. The third-order valence-electron chi connectivity index (χ3n) is 4.08. The van der Waals surface area contributed by atoms with Crippen LogP contribution in [0, 0.1) is 5.92 Å². The molecule has 2 unspecified atom stereocenters. The summed E-state index contributed by atoms with van der Waals surface area (Å²) < 4.78 is 0. The standard InChI is InChI=1S/C13H24N2O.ClH/c1-2-11-7-9-15(10-11)13(16)6-5-12-4-3-8-14-12;/h11-12,14H,2-10H2,1H3;1H. The number of carbonyl (C=O) groups is 1. The van der Waals surface area contributed by atoms with E-state index in [0.717, 1.165) is 38.4 Å². The lowest BCUT2D eigenvalue weighted by molar-refractivity contribution is -0.130. The lowest BCUT2D eigenvalue weighted by atomic mass is 10.1. The fraction of sp³-hybridized carbons (Fsp3) is 0.923. The first kappa shape index (κ1) is 14.8. The molecule has 2 saturated heterocycles. The van der Waals surface area contributed by atoms with Crippen molar-refractivity contribution in [2.24, 2.45) is 5.92 Å². The number of nitrogens with one attached hydrogen (secondary N) is 1. The Bertz CT molecular complexity index is 242. The fourth-order valence-corrected chi connectivity index (χ4v) is 2.85. The molecule has 2 aliphatic rings. The van der Waals surface area contributed by atoms with Gasteiger partial charge in [0.15, 0.2) is 0 Å². The highest BCUT2D eigenvalue weighted by atomic mass is 35.5. The Kier molecular flexibility index (Phi) is 6.28. The summed E-state index contributed by atoms with van der Waals surface area (Å²) in [7, 11) is 0. The van der Waals surface area contributed by atoms with E-state index >= 15 is 0 Å². The zero-order valence-electron chi connectivity index (χ0n) is 10.8. The second-order valence-electron chi connectivity index (χ2n) is 5.23. The van der Waals surface area contributed by atoms with Crippen molar-refractivity contribution in [1.29, 1.82) is 0 Å². The first-order chi connectivity index (χ1) is 7.79. The van der Waals surface area contributed by atoms with E-state index in [1.165, 1.54) is 25.7 Å². The lowest BCUT2D eigenvalue weighted by Gasteiger charge is -2.17. The van der Waals surface area contributed by atoms with Gasteiger partial charge in [-0.1, -0.05) is 13.3 Å². The molecule has 4 heteroatoms. The third-order valence-corrected chi connectivity index (χ3v) is 4.08. The predicted octanol–water partition coefficient (Wildman–Crippen LogP) is 2.20. The number of carbonyl (C=O) groups excluding carboxylic acids is 1. The van der Waals surface area contributed by atoms with Gasteiger partial charge in [-0.05, 0) is 38.1 Å². The van der Waals surface area contributed by atoms with Crippen molar-refractivity contribution in [3.8, 4) is 0 Å². The molecule has 2 heterocycles. The number of rotatable bonds is 4. The fourth-order valence-electron chi connectivity index (χ4n) is 2.85. The first-order valence-corrected chi connectivity index (χ1v) is 6.80. The summed E-state index contributed by atoms with van der Waals surface area (Å²) in [6.07, 6.45) is 6.74. The van der Waals surface area contributed by atoms with Crippen molar-refractivity contribution in [1.82, 2.24) is 10.2 Å². The maximum atomic E-state index is 12.0. The maximum Gasteiger partial charge on any atom is 0.222 e. The van der Waals surface area contributed by atoms with Crippen molar-refractivity contribution in [3.05, 3.63) is 0 Å². The quantitative estimate of drug-likeness (QED) is 0.841. The lowest BCUT2D eigenvalue weighted by Crippen LogP contribution is -2.30. The Morgan fingerprint density at radius 2 is 2.24 bits per heavy atom. The zero-order chi connectivity index (χ0) is 11.4. The number of nitrogens with zero attached hydrogens (tertiary/aromatic N) is 1. The number of hydrogen-bond acceptors (Lipinski definition) is 2. The van der Waals surface area contributed by atoms with Crippen molar-refractivity contribution < 1.29 is 4.79 Å². The molecule has 0 aromatic heterocycles. The monoisotopic (exact) mass is 260 g/mol. The SMILES string of the molecule is CCC1CCN(C(=O)CCC2CCCN2)C1.Cl. The van der Waals surface area contributed by atoms with Crippen molar-refractivity contribution in [2.45, 2.75) is 51.5 Å². The van der Waals surface area contributed by atoms with E-state index in [2.05, 4.69) is 17.1 Å². The number of hydrogen-bond donors (Lipinski definition) is 1. The molecule has 1 N–H and O–H groups in total. The van der Waals surface area contributed by atoms with Gasteiger partial charge in [0.25, 0.3) is 0 Å². The molecule has 0 bridgehead atoms. The maximum absolute atomic E-state index is 12.0. The van der Waals surface area contributed by atoms with Gasteiger partial charge < -0.3 is 10.2 Å². The molecule has 0 aromatic carbocycles. The summed E-state index contributed by atoms with van der Waals surface area (Å²) in [5, 5.41) is 3.45. The Morgan fingerprint density at radius 3 is 2.82 bits per heavy atom. The molecule has 1 amide bonds. The van der Waals surface area contributed by atoms with Crippen LogP contribution in [0.15, 0.2) is 0 Å². The van der Waals surface area contributed by atoms with Crippen LogP contribution in [-0.2, 0) is 4.79 Å². The molecule has 2 fully saturated rings. The van der Waals surface area contributed by atoms with E-state index in [0.29, 0.717) is 11.9 Å². The third kappa shape index (κ3) is 4.14. The van der Waals surface area contributed by atoms with E-state index in [4.69, 9.17) is 0 Å². The van der Waals surface area contributed by atoms with Gasteiger partial charge in [-0.3, -0.25) is 4.79 Å².